The molecule has 0 aromatic heterocycles. The van der Waals surface area contributed by atoms with Crippen molar-refractivity contribution in [3.63, 3.8) is 0 Å². The highest BCUT2D eigenvalue weighted by atomic mass is 32.2. The maximum Gasteiger partial charge on any atom is 0.263 e. The maximum absolute atomic E-state index is 13.4. The summed E-state index contributed by atoms with van der Waals surface area (Å²) in [7, 11) is 1.43. The van der Waals surface area contributed by atoms with Crippen LogP contribution in [0.4, 0.5) is 0 Å². The number of carbonyl (C=O) groups excluding carboxylic acids is 1. The molecule has 0 bridgehead atoms. The standard InChI is InChI=1S/C23H29NO7S/c1-16(31-21-8-6-5-7-19(21)28-2)23(25)24(18-11-12-32(26,27)15-18)14-17-9-10-20(29-3)22(13-17)30-4/h5-10,13,16,18H,11-12,14-15H2,1-4H3. The van der Waals surface area contributed by atoms with Crippen molar-refractivity contribution in [3.8, 4) is 23.0 Å². The third-order valence-corrected chi connectivity index (χ3v) is 7.20. The molecule has 0 aliphatic carbocycles. The lowest BCUT2D eigenvalue weighted by Crippen LogP contribution is -2.46. The van der Waals surface area contributed by atoms with Crippen LogP contribution in [0.1, 0.15) is 18.9 Å². The van der Waals surface area contributed by atoms with Gasteiger partial charge in [0.05, 0.1) is 32.8 Å². The highest BCUT2D eigenvalue weighted by Crippen LogP contribution is 2.30. The van der Waals surface area contributed by atoms with Crippen LogP contribution in [0.3, 0.4) is 0 Å². The second-order valence-corrected chi connectivity index (χ2v) is 9.85. The summed E-state index contributed by atoms with van der Waals surface area (Å²) in [6.45, 7) is 1.87. The Morgan fingerprint density at radius 2 is 1.62 bits per heavy atom. The minimum Gasteiger partial charge on any atom is -0.493 e. The van der Waals surface area contributed by atoms with Gasteiger partial charge in [-0.05, 0) is 43.2 Å². The van der Waals surface area contributed by atoms with Gasteiger partial charge in [-0.1, -0.05) is 18.2 Å². The fourth-order valence-corrected chi connectivity index (χ4v) is 5.51. The molecule has 2 unspecified atom stereocenters. The first-order valence-electron chi connectivity index (χ1n) is 10.3. The van der Waals surface area contributed by atoms with Crippen LogP contribution in [0.25, 0.3) is 0 Å². The topological polar surface area (TPSA) is 91.4 Å². The zero-order chi connectivity index (χ0) is 23.3. The Kier molecular flexibility index (Phi) is 7.50. The first kappa shape index (κ1) is 23.7. The molecule has 0 spiro atoms. The summed E-state index contributed by atoms with van der Waals surface area (Å²) in [6.07, 6.45) is -0.447. The number of hydrogen-bond donors (Lipinski definition) is 0. The molecule has 8 nitrogen and oxygen atoms in total. The van der Waals surface area contributed by atoms with Gasteiger partial charge in [-0.15, -0.1) is 0 Å². The highest BCUT2D eigenvalue weighted by Gasteiger charge is 2.37. The average molecular weight is 464 g/mol. The van der Waals surface area contributed by atoms with E-state index in [9.17, 15) is 13.2 Å². The van der Waals surface area contributed by atoms with Crippen molar-refractivity contribution in [2.24, 2.45) is 0 Å². The van der Waals surface area contributed by atoms with Crippen LogP contribution >= 0.6 is 0 Å². The number of ether oxygens (including phenoxy) is 4. The van der Waals surface area contributed by atoms with Crippen LogP contribution in [0.5, 0.6) is 23.0 Å². The van der Waals surface area contributed by atoms with E-state index in [0.717, 1.165) is 5.56 Å². The smallest absolute Gasteiger partial charge is 0.263 e. The highest BCUT2D eigenvalue weighted by molar-refractivity contribution is 7.91. The molecule has 1 saturated heterocycles. The molecule has 32 heavy (non-hydrogen) atoms. The van der Waals surface area contributed by atoms with E-state index in [-0.39, 0.29) is 24.0 Å². The van der Waals surface area contributed by atoms with Gasteiger partial charge in [-0.2, -0.15) is 0 Å². The van der Waals surface area contributed by atoms with Gasteiger partial charge in [0.1, 0.15) is 0 Å². The summed E-state index contributed by atoms with van der Waals surface area (Å²) in [6, 6.07) is 12.0. The minimum absolute atomic E-state index is 0.0621. The van der Waals surface area contributed by atoms with Crippen LogP contribution < -0.4 is 18.9 Å². The van der Waals surface area contributed by atoms with E-state index in [1.165, 1.54) is 14.2 Å². The van der Waals surface area contributed by atoms with Crippen molar-refractivity contribution >= 4 is 15.7 Å². The summed E-state index contributed by atoms with van der Waals surface area (Å²) in [5.74, 6) is 1.78. The van der Waals surface area contributed by atoms with E-state index >= 15 is 0 Å². The molecule has 1 heterocycles. The van der Waals surface area contributed by atoms with Crippen molar-refractivity contribution in [2.75, 3.05) is 32.8 Å². The molecule has 0 radical (unpaired) electrons. The molecule has 1 aliphatic heterocycles. The van der Waals surface area contributed by atoms with Crippen molar-refractivity contribution in [1.82, 2.24) is 4.90 Å². The predicted molar refractivity (Wildman–Crippen MR) is 120 cm³/mol. The molecule has 0 N–H and O–H groups in total. The Hall–Kier alpha value is -2.94. The van der Waals surface area contributed by atoms with Crippen LogP contribution in [0.2, 0.25) is 0 Å². The van der Waals surface area contributed by atoms with Gasteiger partial charge < -0.3 is 23.8 Å². The number of para-hydroxylation sites is 2. The number of amides is 1. The summed E-state index contributed by atoms with van der Waals surface area (Å²) in [5.41, 5.74) is 0.796. The summed E-state index contributed by atoms with van der Waals surface area (Å²) >= 11 is 0. The predicted octanol–water partition coefficient (Wildman–Crippen LogP) is 2.70. The van der Waals surface area contributed by atoms with Gasteiger partial charge in [0.15, 0.2) is 38.9 Å². The molecule has 1 aliphatic rings. The molecule has 0 saturated carbocycles. The lowest BCUT2D eigenvalue weighted by atomic mass is 10.1. The van der Waals surface area contributed by atoms with E-state index in [0.29, 0.717) is 29.4 Å². The minimum atomic E-state index is -3.18. The lowest BCUT2D eigenvalue weighted by molar-refractivity contribution is -0.140. The zero-order valence-electron chi connectivity index (χ0n) is 18.7. The molecule has 3 rings (SSSR count). The fraction of sp³-hybridized carbons (Fsp3) is 0.435. The third kappa shape index (κ3) is 5.45. The quantitative estimate of drug-likeness (QED) is 0.565. The van der Waals surface area contributed by atoms with Crippen LogP contribution in [0.15, 0.2) is 42.5 Å². The number of hydrogen-bond acceptors (Lipinski definition) is 7. The number of rotatable bonds is 9. The summed E-state index contributed by atoms with van der Waals surface area (Å²) in [5, 5.41) is 0. The second kappa shape index (κ2) is 10.1. The molecule has 1 amide bonds. The van der Waals surface area contributed by atoms with Crippen molar-refractivity contribution in [2.45, 2.75) is 32.0 Å². The lowest BCUT2D eigenvalue weighted by Gasteiger charge is -2.31. The molecule has 2 aromatic rings. The Morgan fingerprint density at radius 3 is 2.22 bits per heavy atom. The van der Waals surface area contributed by atoms with Gasteiger partial charge in [-0.3, -0.25) is 4.79 Å². The number of carbonyl (C=O) groups is 1. The van der Waals surface area contributed by atoms with Crippen molar-refractivity contribution in [1.29, 1.82) is 0 Å². The molecular formula is C23H29NO7S. The van der Waals surface area contributed by atoms with Gasteiger partial charge in [0.2, 0.25) is 0 Å². The van der Waals surface area contributed by atoms with Crippen LogP contribution in [-0.2, 0) is 21.2 Å². The van der Waals surface area contributed by atoms with Gasteiger partial charge in [0.25, 0.3) is 5.91 Å². The van der Waals surface area contributed by atoms with E-state index in [4.69, 9.17) is 18.9 Å². The first-order valence-corrected chi connectivity index (χ1v) is 12.1. The van der Waals surface area contributed by atoms with Crippen molar-refractivity contribution in [3.05, 3.63) is 48.0 Å². The van der Waals surface area contributed by atoms with E-state index < -0.39 is 22.0 Å². The van der Waals surface area contributed by atoms with Gasteiger partial charge in [0, 0.05) is 12.6 Å². The van der Waals surface area contributed by atoms with Crippen LogP contribution in [-0.4, -0.2) is 64.2 Å². The Morgan fingerprint density at radius 1 is 1.00 bits per heavy atom. The third-order valence-electron chi connectivity index (χ3n) is 5.45. The van der Waals surface area contributed by atoms with Crippen LogP contribution in [0, 0.1) is 0 Å². The average Bonchev–Trinajstić information content (AvgIpc) is 3.16. The Labute approximate surface area is 188 Å². The number of sulfone groups is 1. The molecule has 174 valence electrons. The summed E-state index contributed by atoms with van der Waals surface area (Å²) < 4.78 is 46.1. The van der Waals surface area contributed by atoms with Gasteiger partial charge >= 0.3 is 0 Å². The van der Waals surface area contributed by atoms with E-state index in [1.54, 1.807) is 49.3 Å². The SMILES string of the molecule is COc1ccc(CN(C(=O)C(C)Oc2ccccc2OC)C2CCS(=O)(=O)C2)cc1OC. The number of nitrogens with zero attached hydrogens (tertiary/aromatic N) is 1. The molecule has 2 atom stereocenters. The largest absolute Gasteiger partial charge is 0.493 e. The first-order chi connectivity index (χ1) is 15.3. The van der Waals surface area contributed by atoms with Gasteiger partial charge in [-0.25, -0.2) is 8.42 Å². The zero-order valence-corrected chi connectivity index (χ0v) is 19.6. The number of benzene rings is 2. The maximum atomic E-state index is 13.4. The monoisotopic (exact) mass is 463 g/mol. The fourth-order valence-electron chi connectivity index (χ4n) is 3.77. The molecule has 2 aromatic carbocycles. The van der Waals surface area contributed by atoms with E-state index in [2.05, 4.69) is 0 Å². The normalized spacial score (nSPS) is 17.9. The second-order valence-electron chi connectivity index (χ2n) is 7.62. The Bertz CT molecular complexity index is 1050. The Balaban J connectivity index is 1.86. The molecule has 9 heteroatoms. The number of methoxy groups -OCH3 is 3. The molecule has 1 fully saturated rings. The van der Waals surface area contributed by atoms with E-state index in [1.807, 2.05) is 12.1 Å². The van der Waals surface area contributed by atoms with Crippen molar-refractivity contribution < 1.29 is 32.2 Å². The summed E-state index contributed by atoms with van der Waals surface area (Å²) in [4.78, 5) is 15.0. The molecular weight excluding hydrogens is 434 g/mol.